The summed E-state index contributed by atoms with van der Waals surface area (Å²) in [6.07, 6.45) is -0.240. The molecule has 1 aromatic rings. The van der Waals surface area contributed by atoms with E-state index in [-0.39, 0.29) is 12.8 Å². The third kappa shape index (κ3) is 4.14. The van der Waals surface area contributed by atoms with Crippen molar-refractivity contribution in [2.75, 3.05) is 7.11 Å². The zero-order valence-electron chi connectivity index (χ0n) is 9.51. The average Bonchev–Trinajstić information content (AvgIpc) is 2.27. The van der Waals surface area contributed by atoms with Gasteiger partial charge in [-0.2, -0.15) is 0 Å². The summed E-state index contributed by atoms with van der Waals surface area (Å²) in [5, 5.41) is 10.6. The normalized spacial score (nSPS) is 11.8. The van der Waals surface area contributed by atoms with Gasteiger partial charge in [-0.25, -0.2) is 0 Å². The molecule has 0 aliphatic heterocycles. The zero-order valence-corrected chi connectivity index (χ0v) is 9.51. The van der Waals surface area contributed by atoms with Crippen LogP contribution in [0.5, 0.6) is 5.75 Å². The van der Waals surface area contributed by atoms with Crippen molar-refractivity contribution in [2.24, 2.45) is 5.73 Å². The largest absolute Gasteiger partial charge is 0.550 e. The highest BCUT2D eigenvalue weighted by atomic mass is 16.5. The SMILES string of the molecule is COc1ccc([C@H](CC(N)=O)CC(=O)[O-])cc1. The van der Waals surface area contributed by atoms with Gasteiger partial charge in [0.15, 0.2) is 0 Å². The molecule has 0 fully saturated rings. The van der Waals surface area contributed by atoms with Crippen LogP contribution >= 0.6 is 0 Å². The van der Waals surface area contributed by atoms with Crippen LogP contribution in [-0.2, 0) is 9.59 Å². The number of hydrogen-bond donors (Lipinski definition) is 1. The van der Waals surface area contributed by atoms with E-state index in [1.54, 1.807) is 24.3 Å². The van der Waals surface area contributed by atoms with Gasteiger partial charge in [0.25, 0.3) is 0 Å². The Hall–Kier alpha value is -2.04. The molecule has 0 aliphatic rings. The van der Waals surface area contributed by atoms with Crippen LogP contribution in [-0.4, -0.2) is 19.0 Å². The lowest BCUT2D eigenvalue weighted by atomic mass is 9.92. The maximum Gasteiger partial charge on any atom is 0.218 e. The Bertz CT molecular complexity index is 383. The van der Waals surface area contributed by atoms with Crippen molar-refractivity contribution in [3.05, 3.63) is 29.8 Å². The Kier molecular flexibility index (Phi) is 4.51. The number of hydrogen-bond acceptors (Lipinski definition) is 4. The van der Waals surface area contributed by atoms with Crippen LogP contribution in [0.25, 0.3) is 0 Å². The molecule has 5 heteroatoms. The Balaban J connectivity index is 2.86. The molecule has 1 amide bonds. The second kappa shape index (κ2) is 5.89. The van der Waals surface area contributed by atoms with Crippen LogP contribution < -0.4 is 15.6 Å². The van der Waals surface area contributed by atoms with Crippen molar-refractivity contribution < 1.29 is 19.4 Å². The van der Waals surface area contributed by atoms with Gasteiger partial charge in [-0.3, -0.25) is 4.79 Å². The van der Waals surface area contributed by atoms with Crippen LogP contribution in [0, 0.1) is 0 Å². The molecule has 0 bridgehead atoms. The molecule has 0 aliphatic carbocycles. The van der Waals surface area contributed by atoms with E-state index in [1.165, 1.54) is 7.11 Å². The number of methoxy groups -OCH3 is 1. The maximum absolute atomic E-state index is 10.9. The summed E-state index contributed by atoms with van der Waals surface area (Å²) >= 11 is 0. The lowest BCUT2D eigenvalue weighted by Crippen LogP contribution is -2.26. The van der Waals surface area contributed by atoms with E-state index in [2.05, 4.69) is 0 Å². The molecule has 0 spiro atoms. The first-order valence-corrected chi connectivity index (χ1v) is 5.15. The number of primary amides is 1. The first kappa shape index (κ1) is 13.0. The van der Waals surface area contributed by atoms with E-state index in [4.69, 9.17) is 10.5 Å². The van der Waals surface area contributed by atoms with Crippen molar-refractivity contribution in [2.45, 2.75) is 18.8 Å². The molecule has 1 aromatic carbocycles. The molecule has 92 valence electrons. The molecule has 5 nitrogen and oxygen atoms in total. The smallest absolute Gasteiger partial charge is 0.218 e. The lowest BCUT2D eigenvalue weighted by molar-refractivity contribution is -0.306. The van der Waals surface area contributed by atoms with Crippen LogP contribution in [0.2, 0.25) is 0 Å². The summed E-state index contributed by atoms with van der Waals surface area (Å²) in [6, 6.07) is 6.85. The molecule has 0 saturated carbocycles. The highest BCUT2D eigenvalue weighted by molar-refractivity contribution is 5.76. The van der Waals surface area contributed by atoms with Gasteiger partial charge in [0, 0.05) is 12.4 Å². The first-order valence-electron chi connectivity index (χ1n) is 5.15. The van der Waals surface area contributed by atoms with Crippen molar-refractivity contribution in [1.29, 1.82) is 0 Å². The van der Waals surface area contributed by atoms with Gasteiger partial charge in [-0.1, -0.05) is 12.1 Å². The summed E-state index contributed by atoms with van der Waals surface area (Å²) < 4.78 is 4.99. The van der Waals surface area contributed by atoms with Crippen LogP contribution in [0.1, 0.15) is 24.3 Å². The number of nitrogens with two attached hydrogens (primary N) is 1. The quantitative estimate of drug-likeness (QED) is 0.739. The molecular formula is C12H14NO4-. The molecule has 1 rings (SSSR count). The van der Waals surface area contributed by atoms with Crippen LogP contribution in [0.3, 0.4) is 0 Å². The van der Waals surface area contributed by atoms with Crippen LogP contribution in [0.4, 0.5) is 0 Å². The van der Waals surface area contributed by atoms with Gasteiger partial charge in [0.2, 0.25) is 5.91 Å². The lowest BCUT2D eigenvalue weighted by Gasteiger charge is -2.16. The second-order valence-electron chi connectivity index (χ2n) is 3.72. The fraction of sp³-hybridized carbons (Fsp3) is 0.333. The van der Waals surface area contributed by atoms with E-state index >= 15 is 0 Å². The molecule has 0 aromatic heterocycles. The third-order valence-electron chi connectivity index (χ3n) is 2.45. The van der Waals surface area contributed by atoms with Crippen LogP contribution in [0.15, 0.2) is 24.3 Å². The van der Waals surface area contributed by atoms with Crippen molar-refractivity contribution >= 4 is 11.9 Å². The third-order valence-corrected chi connectivity index (χ3v) is 2.45. The highest BCUT2D eigenvalue weighted by Crippen LogP contribution is 2.24. The summed E-state index contributed by atoms with van der Waals surface area (Å²) in [5.41, 5.74) is 5.82. The standard InChI is InChI=1S/C12H15NO4/c1-17-10-4-2-8(3-5-10)9(6-11(13)14)7-12(15)16/h2-5,9H,6-7H2,1H3,(H2,13,14)(H,15,16)/p-1/t9-/m1/s1. The van der Waals surface area contributed by atoms with E-state index in [0.29, 0.717) is 5.75 Å². The molecule has 1 atom stereocenters. The Labute approximate surface area is 99.2 Å². The highest BCUT2D eigenvalue weighted by Gasteiger charge is 2.14. The maximum atomic E-state index is 10.9. The predicted molar refractivity (Wildman–Crippen MR) is 59.2 cm³/mol. The number of benzene rings is 1. The number of ether oxygens (including phenoxy) is 1. The van der Waals surface area contributed by atoms with Crippen molar-refractivity contribution in [3.8, 4) is 5.75 Å². The minimum Gasteiger partial charge on any atom is -0.550 e. The van der Waals surface area contributed by atoms with E-state index < -0.39 is 17.8 Å². The number of aliphatic carboxylic acids is 1. The first-order chi connectivity index (χ1) is 8.02. The predicted octanol–water partition coefficient (Wildman–Crippen LogP) is -0.206. The summed E-state index contributed by atoms with van der Waals surface area (Å²) in [7, 11) is 1.54. The van der Waals surface area contributed by atoms with Gasteiger partial charge >= 0.3 is 0 Å². The molecule has 2 N–H and O–H groups in total. The summed E-state index contributed by atoms with van der Waals surface area (Å²) in [6.45, 7) is 0. The number of carbonyl (C=O) groups excluding carboxylic acids is 2. The van der Waals surface area contributed by atoms with E-state index in [0.717, 1.165) is 5.56 Å². The van der Waals surface area contributed by atoms with Gasteiger partial charge in [0.05, 0.1) is 7.11 Å². The second-order valence-corrected chi connectivity index (χ2v) is 3.72. The minimum absolute atomic E-state index is 0.0136. The molecule has 17 heavy (non-hydrogen) atoms. The van der Waals surface area contributed by atoms with Gasteiger partial charge in [0.1, 0.15) is 5.75 Å². The fourth-order valence-corrected chi connectivity index (χ4v) is 1.63. The Morgan fingerprint density at radius 1 is 1.29 bits per heavy atom. The zero-order chi connectivity index (χ0) is 12.8. The van der Waals surface area contributed by atoms with Gasteiger partial charge in [-0.05, 0) is 30.0 Å². The van der Waals surface area contributed by atoms with Crippen molar-refractivity contribution in [3.63, 3.8) is 0 Å². The number of carboxylic acid groups (broad SMARTS) is 1. The van der Waals surface area contributed by atoms with E-state index in [9.17, 15) is 14.7 Å². The Morgan fingerprint density at radius 3 is 2.29 bits per heavy atom. The topological polar surface area (TPSA) is 92.5 Å². The average molecular weight is 236 g/mol. The fourth-order valence-electron chi connectivity index (χ4n) is 1.63. The van der Waals surface area contributed by atoms with E-state index in [1.807, 2.05) is 0 Å². The van der Waals surface area contributed by atoms with Gasteiger partial charge < -0.3 is 20.4 Å². The van der Waals surface area contributed by atoms with Gasteiger partial charge in [-0.15, -0.1) is 0 Å². The number of amides is 1. The molecule has 0 unspecified atom stereocenters. The molecule has 0 heterocycles. The summed E-state index contributed by atoms with van der Waals surface area (Å²) in [4.78, 5) is 21.5. The summed E-state index contributed by atoms with van der Waals surface area (Å²) in [5.74, 6) is -1.53. The number of carboxylic acids is 1. The molecule has 0 saturated heterocycles. The number of carbonyl (C=O) groups is 2. The van der Waals surface area contributed by atoms with Crippen molar-refractivity contribution in [1.82, 2.24) is 0 Å². The Morgan fingerprint density at radius 2 is 1.88 bits per heavy atom. The minimum atomic E-state index is -1.20. The molecular weight excluding hydrogens is 222 g/mol. The number of rotatable bonds is 6. The monoisotopic (exact) mass is 236 g/mol. The molecule has 0 radical (unpaired) electrons.